The van der Waals surface area contributed by atoms with E-state index in [1.165, 1.54) is 6.92 Å². The average molecular weight is 402 g/mol. The second kappa shape index (κ2) is 10.6. The molecule has 0 fully saturated rings. The summed E-state index contributed by atoms with van der Waals surface area (Å²) in [5, 5.41) is 17.6. The van der Waals surface area contributed by atoms with Gasteiger partial charge in [0.1, 0.15) is 5.54 Å². The van der Waals surface area contributed by atoms with Gasteiger partial charge in [-0.05, 0) is 50.6 Å². The zero-order chi connectivity index (χ0) is 22.2. The zero-order valence-corrected chi connectivity index (χ0v) is 18.0. The molecule has 0 aliphatic heterocycles. The third-order valence-electron chi connectivity index (χ3n) is 4.94. The predicted octanol–water partition coefficient (Wildman–Crippen LogP) is 2.35. The van der Waals surface area contributed by atoms with Gasteiger partial charge in [0.25, 0.3) is 0 Å². The first kappa shape index (κ1) is 24.1. The van der Waals surface area contributed by atoms with Crippen LogP contribution in [0.4, 0.5) is 11.4 Å². The normalized spacial score (nSPS) is 13.9. The summed E-state index contributed by atoms with van der Waals surface area (Å²) in [6.07, 6.45) is 0. The van der Waals surface area contributed by atoms with Crippen molar-refractivity contribution in [1.29, 1.82) is 5.26 Å². The summed E-state index contributed by atoms with van der Waals surface area (Å²) in [4.78, 5) is 37.8. The number of nitrogens with one attached hydrogen (secondary N) is 3. The molecule has 1 aromatic rings. The van der Waals surface area contributed by atoms with Crippen molar-refractivity contribution >= 4 is 29.1 Å². The first-order chi connectivity index (χ1) is 13.5. The minimum absolute atomic E-state index is 0.0312. The first-order valence-corrected chi connectivity index (χ1v) is 9.67. The third-order valence-corrected chi connectivity index (χ3v) is 4.94. The SMILES string of the molecule is CCN(CC(=O)Nc1ccc(NC(C)=O)cc1)[C@@H](C)C(=O)N[C@@](C)(C#N)C(C)C. The first-order valence-electron chi connectivity index (χ1n) is 9.67. The van der Waals surface area contributed by atoms with Gasteiger partial charge in [-0.2, -0.15) is 5.26 Å². The summed E-state index contributed by atoms with van der Waals surface area (Å²) in [6.45, 7) is 11.0. The van der Waals surface area contributed by atoms with Gasteiger partial charge in [0.2, 0.25) is 17.7 Å². The van der Waals surface area contributed by atoms with Gasteiger partial charge in [0.15, 0.2) is 0 Å². The molecule has 0 aliphatic carbocycles. The Bertz CT molecular complexity index is 770. The van der Waals surface area contributed by atoms with Crippen LogP contribution in [0.2, 0.25) is 0 Å². The van der Waals surface area contributed by atoms with Crippen LogP contribution < -0.4 is 16.0 Å². The molecule has 29 heavy (non-hydrogen) atoms. The number of rotatable bonds is 9. The Labute approximate surface area is 172 Å². The van der Waals surface area contributed by atoms with Crippen LogP contribution in [0.1, 0.15) is 41.5 Å². The second-order valence-electron chi connectivity index (χ2n) is 7.50. The van der Waals surface area contributed by atoms with Crippen molar-refractivity contribution < 1.29 is 14.4 Å². The molecular weight excluding hydrogens is 370 g/mol. The maximum absolute atomic E-state index is 12.6. The summed E-state index contributed by atoms with van der Waals surface area (Å²) >= 11 is 0. The number of carbonyl (C=O) groups excluding carboxylic acids is 3. The molecule has 0 radical (unpaired) electrons. The molecule has 0 saturated heterocycles. The Balaban J connectivity index is 2.71. The number of nitrogens with zero attached hydrogens (tertiary/aromatic N) is 2. The van der Waals surface area contributed by atoms with Crippen molar-refractivity contribution in [3.8, 4) is 6.07 Å². The Hall–Kier alpha value is -2.92. The monoisotopic (exact) mass is 401 g/mol. The molecule has 1 aromatic carbocycles. The van der Waals surface area contributed by atoms with Gasteiger partial charge in [-0.25, -0.2) is 0 Å². The molecule has 0 bridgehead atoms. The summed E-state index contributed by atoms with van der Waals surface area (Å²) in [5.41, 5.74) is 0.263. The van der Waals surface area contributed by atoms with E-state index >= 15 is 0 Å². The molecule has 8 heteroatoms. The van der Waals surface area contributed by atoms with Crippen LogP contribution in [0.3, 0.4) is 0 Å². The van der Waals surface area contributed by atoms with Gasteiger partial charge >= 0.3 is 0 Å². The highest BCUT2D eigenvalue weighted by Crippen LogP contribution is 2.16. The number of nitriles is 1. The molecule has 0 aliphatic rings. The molecule has 0 unspecified atom stereocenters. The van der Waals surface area contributed by atoms with E-state index in [2.05, 4.69) is 22.0 Å². The topological polar surface area (TPSA) is 114 Å². The maximum Gasteiger partial charge on any atom is 0.238 e. The average Bonchev–Trinajstić information content (AvgIpc) is 2.66. The highest BCUT2D eigenvalue weighted by molar-refractivity contribution is 5.94. The van der Waals surface area contributed by atoms with E-state index in [1.807, 2.05) is 20.8 Å². The fraction of sp³-hybridized carbons (Fsp3) is 0.524. The zero-order valence-electron chi connectivity index (χ0n) is 18.0. The highest BCUT2D eigenvalue weighted by Gasteiger charge is 2.33. The number of carbonyl (C=O) groups is 3. The summed E-state index contributed by atoms with van der Waals surface area (Å²) < 4.78 is 0. The Morgan fingerprint density at radius 3 is 2.03 bits per heavy atom. The van der Waals surface area contributed by atoms with Gasteiger partial charge in [0.05, 0.1) is 18.7 Å². The van der Waals surface area contributed by atoms with Crippen LogP contribution >= 0.6 is 0 Å². The smallest absolute Gasteiger partial charge is 0.238 e. The fourth-order valence-electron chi connectivity index (χ4n) is 2.58. The van der Waals surface area contributed by atoms with E-state index in [1.54, 1.807) is 43.0 Å². The van der Waals surface area contributed by atoms with Crippen molar-refractivity contribution in [3.05, 3.63) is 24.3 Å². The molecule has 1 rings (SSSR count). The van der Waals surface area contributed by atoms with Crippen molar-refractivity contribution in [3.63, 3.8) is 0 Å². The van der Waals surface area contributed by atoms with Crippen LogP contribution in [0.5, 0.6) is 0 Å². The second-order valence-corrected chi connectivity index (χ2v) is 7.50. The largest absolute Gasteiger partial charge is 0.336 e. The molecule has 0 heterocycles. The van der Waals surface area contributed by atoms with Crippen LogP contribution in [0, 0.1) is 17.2 Å². The van der Waals surface area contributed by atoms with Crippen LogP contribution in [0.25, 0.3) is 0 Å². The lowest BCUT2D eigenvalue weighted by atomic mass is 9.89. The Morgan fingerprint density at radius 1 is 1.10 bits per heavy atom. The molecule has 2 atom stereocenters. The molecule has 0 spiro atoms. The standard InChI is InChI=1S/C21H31N5O3/c1-7-26(15(4)20(29)25-21(6,13-22)14(2)3)12-19(28)24-18-10-8-17(9-11-18)23-16(5)27/h8-11,14-15H,7,12H2,1-6H3,(H,23,27)(H,24,28)(H,25,29)/t15-,21-/m0/s1. The molecular formula is C21H31N5O3. The molecule has 158 valence electrons. The number of hydrogen-bond acceptors (Lipinski definition) is 5. The number of benzene rings is 1. The van der Waals surface area contributed by atoms with Gasteiger partial charge in [-0.3, -0.25) is 19.3 Å². The number of likely N-dealkylation sites (N-methyl/N-ethyl adjacent to an activating group) is 1. The molecule has 3 amide bonds. The van der Waals surface area contributed by atoms with Crippen molar-refractivity contribution in [2.45, 2.75) is 53.1 Å². The minimum atomic E-state index is -0.970. The van der Waals surface area contributed by atoms with Gasteiger partial charge in [-0.15, -0.1) is 0 Å². The number of amides is 3. The van der Waals surface area contributed by atoms with Crippen molar-refractivity contribution in [2.24, 2.45) is 5.92 Å². The summed E-state index contributed by atoms with van der Waals surface area (Å²) in [5.74, 6) is -0.775. The lowest BCUT2D eigenvalue weighted by molar-refractivity contribution is -0.128. The predicted molar refractivity (Wildman–Crippen MR) is 113 cm³/mol. The molecule has 0 aromatic heterocycles. The summed E-state index contributed by atoms with van der Waals surface area (Å²) in [7, 11) is 0. The third kappa shape index (κ3) is 7.20. The Kier molecular flexibility index (Phi) is 8.80. The van der Waals surface area contributed by atoms with E-state index in [-0.39, 0.29) is 30.2 Å². The van der Waals surface area contributed by atoms with Crippen molar-refractivity contribution in [1.82, 2.24) is 10.2 Å². The van der Waals surface area contributed by atoms with Gasteiger partial charge in [0, 0.05) is 18.3 Å². The molecule has 0 saturated carbocycles. The van der Waals surface area contributed by atoms with E-state index in [0.717, 1.165) is 0 Å². The van der Waals surface area contributed by atoms with Crippen LogP contribution in [-0.4, -0.2) is 47.3 Å². The number of anilines is 2. The van der Waals surface area contributed by atoms with Crippen LogP contribution in [0.15, 0.2) is 24.3 Å². The minimum Gasteiger partial charge on any atom is -0.336 e. The molecule has 3 N–H and O–H groups in total. The highest BCUT2D eigenvalue weighted by atomic mass is 16.2. The maximum atomic E-state index is 12.6. The lowest BCUT2D eigenvalue weighted by Gasteiger charge is -2.32. The summed E-state index contributed by atoms with van der Waals surface area (Å²) in [6, 6.07) is 8.35. The molecule has 8 nitrogen and oxygen atoms in total. The van der Waals surface area contributed by atoms with Gasteiger partial charge < -0.3 is 16.0 Å². The quantitative estimate of drug-likeness (QED) is 0.588. The number of hydrogen-bond donors (Lipinski definition) is 3. The van der Waals surface area contributed by atoms with E-state index in [0.29, 0.717) is 17.9 Å². The van der Waals surface area contributed by atoms with E-state index in [9.17, 15) is 19.6 Å². The Morgan fingerprint density at radius 2 is 1.62 bits per heavy atom. The van der Waals surface area contributed by atoms with E-state index in [4.69, 9.17) is 0 Å². The van der Waals surface area contributed by atoms with E-state index < -0.39 is 11.6 Å². The fourth-order valence-corrected chi connectivity index (χ4v) is 2.58. The van der Waals surface area contributed by atoms with Crippen LogP contribution in [-0.2, 0) is 14.4 Å². The van der Waals surface area contributed by atoms with Crippen molar-refractivity contribution in [2.75, 3.05) is 23.7 Å². The lowest BCUT2D eigenvalue weighted by Crippen LogP contribution is -2.55. The van der Waals surface area contributed by atoms with Gasteiger partial charge in [-0.1, -0.05) is 20.8 Å².